The van der Waals surface area contributed by atoms with E-state index in [1.165, 1.54) is 7.11 Å². The summed E-state index contributed by atoms with van der Waals surface area (Å²) in [6, 6.07) is 19.1. The predicted octanol–water partition coefficient (Wildman–Crippen LogP) is 2.09. The second-order valence-electron chi connectivity index (χ2n) is 6.34. The highest BCUT2D eigenvalue weighted by atomic mass is 16.7. The molecule has 1 fully saturated rings. The van der Waals surface area contributed by atoms with Crippen LogP contribution in [0.3, 0.4) is 0 Å². The molecule has 1 heterocycles. The van der Waals surface area contributed by atoms with E-state index >= 15 is 0 Å². The Morgan fingerprint density at radius 2 is 1.56 bits per heavy atom. The van der Waals surface area contributed by atoms with E-state index in [-0.39, 0.29) is 13.2 Å². The molecule has 2 aromatic carbocycles. The summed E-state index contributed by atoms with van der Waals surface area (Å²) in [5.41, 5.74) is 1.92. The summed E-state index contributed by atoms with van der Waals surface area (Å²) in [7, 11) is 1.45. The molecular weight excluding hydrogens is 348 g/mol. The van der Waals surface area contributed by atoms with Gasteiger partial charge in [-0.3, -0.25) is 4.79 Å². The Morgan fingerprint density at radius 3 is 2.15 bits per heavy atom. The first-order valence-corrected chi connectivity index (χ1v) is 8.86. The van der Waals surface area contributed by atoms with Crippen LogP contribution >= 0.6 is 0 Å². The van der Waals surface area contributed by atoms with E-state index in [0.717, 1.165) is 11.1 Å². The van der Waals surface area contributed by atoms with Gasteiger partial charge in [-0.1, -0.05) is 60.7 Å². The summed E-state index contributed by atoms with van der Waals surface area (Å²) in [5, 5.41) is 10.4. The largest absolute Gasteiger partial charge is 0.382 e. The molecule has 4 atom stereocenters. The average molecular weight is 372 g/mol. The SMILES string of the molecule is CO[C@H]1O[C@H](COCc2ccccc2)C(=O)[C@H](O)[C@H]1OCc1ccccc1. The van der Waals surface area contributed by atoms with Crippen LogP contribution in [0.4, 0.5) is 0 Å². The number of ketones is 1. The Kier molecular flexibility index (Phi) is 7.09. The summed E-state index contributed by atoms with van der Waals surface area (Å²) in [4.78, 5) is 12.5. The molecule has 0 spiro atoms. The summed E-state index contributed by atoms with van der Waals surface area (Å²) < 4.78 is 22.3. The van der Waals surface area contributed by atoms with E-state index in [0.29, 0.717) is 6.61 Å². The topological polar surface area (TPSA) is 74.2 Å². The first kappa shape index (κ1) is 19.7. The molecule has 6 heteroatoms. The average Bonchev–Trinajstić information content (AvgIpc) is 2.72. The fourth-order valence-electron chi connectivity index (χ4n) is 2.91. The first-order valence-electron chi connectivity index (χ1n) is 8.86. The van der Waals surface area contributed by atoms with E-state index in [1.807, 2.05) is 60.7 Å². The molecule has 0 aromatic heterocycles. The third kappa shape index (κ3) is 5.22. The van der Waals surface area contributed by atoms with Gasteiger partial charge in [0.2, 0.25) is 0 Å². The number of aliphatic hydroxyl groups excluding tert-OH is 1. The lowest BCUT2D eigenvalue weighted by molar-refractivity contribution is -0.263. The zero-order valence-corrected chi connectivity index (χ0v) is 15.2. The van der Waals surface area contributed by atoms with Gasteiger partial charge >= 0.3 is 0 Å². The van der Waals surface area contributed by atoms with Crippen LogP contribution in [0.2, 0.25) is 0 Å². The fourth-order valence-corrected chi connectivity index (χ4v) is 2.91. The molecule has 3 rings (SSSR count). The number of rotatable bonds is 8. The molecule has 0 amide bonds. The van der Waals surface area contributed by atoms with Crippen molar-refractivity contribution in [3.8, 4) is 0 Å². The number of methoxy groups -OCH3 is 1. The Labute approximate surface area is 158 Å². The van der Waals surface area contributed by atoms with Crippen LogP contribution in [0.5, 0.6) is 0 Å². The van der Waals surface area contributed by atoms with Crippen molar-refractivity contribution in [2.75, 3.05) is 13.7 Å². The monoisotopic (exact) mass is 372 g/mol. The fraction of sp³-hybridized carbons (Fsp3) is 0.381. The van der Waals surface area contributed by atoms with E-state index in [2.05, 4.69) is 0 Å². The van der Waals surface area contributed by atoms with E-state index < -0.39 is 30.4 Å². The summed E-state index contributed by atoms with van der Waals surface area (Å²) >= 11 is 0. The van der Waals surface area contributed by atoms with Crippen molar-refractivity contribution < 1.29 is 28.8 Å². The number of benzene rings is 2. The van der Waals surface area contributed by atoms with Gasteiger partial charge < -0.3 is 24.1 Å². The maximum absolute atomic E-state index is 12.5. The van der Waals surface area contributed by atoms with E-state index in [4.69, 9.17) is 18.9 Å². The number of Topliss-reactive ketones (excluding diaryl/α,β-unsaturated/α-hetero) is 1. The molecule has 0 aliphatic carbocycles. The molecule has 6 nitrogen and oxygen atoms in total. The van der Waals surface area contributed by atoms with Crippen molar-refractivity contribution in [3.63, 3.8) is 0 Å². The molecule has 1 aliphatic rings. The summed E-state index contributed by atoms with van der Waals surface area (Å²) in [6.45, 7) is 0.639. The molecular formula is C21H24O6. The molecule has 0 bridgehead atoms. The van der Waals surface area contributed by atoms with Gasteiger partial charge in [0, 0.05) is 7.11 Å². The van der Waals surface area contributed by atoms with Crippen LogP contribution in [0, 0.1) is 0 Å². The van der Waals surface area contributed by atoms with Gasteiger partial charge in [-0.25, -0.2) is 0 Å². The Hall–Kier alpha value is -2.09. The minimum absolute atomic E-state index is 0.0378. The van der Waals surface area contributed by atoms with Crippen molar-refractivity contribution >= 4 is 5.78 Å². The minimum atomic E-state index is -1.34. The van der Waals surface area contributed by atoms with Gasteiger partial charge in [0.05, 0.1) is 19.8 Å². The van der Waals surface area contributed by atoms with E-state index in [9.17, 15) is 9.90 Å². The van der Waals surface area contributed by atoms with Crippen LogP contribution in [0.15, 0.2) is 60.7 Å². The number of carbonyl (C=O) groups excluding carboxylic acids is 1. The first-order chi connectivity index (χ1) is 13.2. The molecule has 0 saturated carbocycles. The van der Waals surface area contributed by atoms with Gasteiger partial charge in [0.1, 0.15) is 18.3 Å². The molecule has 0 radical (unpaired) electrons. The number of carbonyl (C=O) groups is 1. The van der Waals surface area contributed by atoms with Gasteiger partial charge in [-0.15, -0.1) is 0 Å². The van der Waals surface area contributed by atoms with Crippen LogP contribution < -0.4 is 0 Å². The molecule has 1 saturated heterocycles. The van der Waals surface area contributed by atoms with Crippen molar-refractivity contribution in [1.82, 2.24) is 0 Å². The van der Waals surface area contributed by atoms with Crippen molar-refractivity contribution in [1.29, 1.82) is 0 Å². The van der Waals surface area contributed by atoms with Gasteiger partial charge in [-0.2, -0.15) is 0 Å². The van der Waals surface area contributed by atoms with E-state index in [1.54, 1.807) is 0 Å². The molecule has 144 valence electrons. The third-order valence-electron chi connectivity index (χ3n) is 4.39. The summed E-state index contributed by atoms with van der Waals surface area (Å²) in [6.07, 6.45) is -3.98. The van der Waals surface area contributed by atoms with Crippen LogP contribution in [0.25, 0.3) is 0 Å². The maximum Gasteiger partial charge on any atom is 0.195 e. The highest BCUT2D eigenvalue weighted by molar-refractivity contribution is 5.88. The lowest BCUT2D eigenvalue weighted by Gasteiger charge is -2.37. The molecule has 0 unspecified atom stereocenters. The highest BCUT2D eigenvalue weighted by Gasteiger charge is 2.45. The number of aliphatic hydroxyl groups is 1. The van der Waals surface area contributed by atoms with Crippen molar-refractivity contribution in [3.05, 3.63) is 71.8 Å². The number of hydrogen-bond donors (Lipinski definition) is 1. The predicted molar refractivity (Wildman–Crippen MR) is 97.8 cm³/mol. The van der Waals surface area contributed by atoms with Gasteiger partial charge in [0.25, 0.3) is 0 Å². The maximum atomic E-state index is 12.5. The van der Waals surface area contributed by atoms with Crippen molar-refractivity contribution in [2.24, 2.45) is 0 Å². The zero-order chi connectivity index (χ0) is 19.1. The Bertz CT molecular complexity index is 701. The zero-order valence-electron chi connectivity index (χ0n) is 15.2. The molecule has 1 N–H and O–H groups in total. The standard InChI is InChI=1S/C21H24O6/c1-24-21-20(26-13-16-10-6-3-7-11-16)19(23)18(22)17(27-21)14-25-12-15-8-4-2-5-9-15/h2-11,17,19-21,23H,12-14H2,1H3/t17-,19+,20-,21+/m1/s1. The van der Waals surface area contributed by atoms with Crippen LogP contribution in [0.1, 0.15) is 11.1 Å². The summed E-state index contributed by atoms with van der Waals surface area (Å²) in [5.74, 6) is -0.463. The third-order valence-corrected chi connectivity index (χ3v) is 4.39. The second kappa shape index (κ2) is 9.73. The van der Waals surface area contributed by atoms with Crippen LogP contribution in [-0.4, -0.2) is 49.2 Å². The normalized spacial score (nSPS) is 25.5. The Morgan fingerprint density at radius 1 is 0.963 bits per heavy atom. The Balaban J connectivity index is 1.55. The van der Waals surface area contributed by atoms with Gasteiger partial charge in [0.15, 0.2) is 12.1 Å². The van der Waals surface area contributed by atoms with Crippen molar-refractivity contribution in [2.45, 2.75) is 37.8 Å². The molecule has 1 aliphatic heterocycles. The molecule has 2 aromatic rings. The smallest absolute Gasteiger partial charge is 0.195 e. The highest BCUT2D eigenvalue weighted by Crippen LogP contribution is 2.23. The number of hydrogen-bond acceptors (Lipinski definition) is 6. The van der Waals surface area contributed by atoms with Gasteiger partial charge in [-0.05, 0) is 11.1 Å². The minimum Gasteiger partial charge on any atom is -0.382 e. The van der Waals surface area contributed by atoms with Crippen LogP contribution in [-0.2, 0) is 37.0 Å². The lowest BCUT2D eigenvalue weighted by Crippen LogP contribution is -2.57. The second-order valence-corrected chi connectivity index (χ2v) is 6.34. The quantitative estimate of drug-likeness (QED) is 0.765. The molecule has 27 heavy (non-hydrogen) atoms. The number of ether oxygens (including phenoxy) is 4. The lowest BCUT2D eigenvalue weighted by atomic mass is 10.0.